The Morgan fingerprint density at radius 2 is 1.82 bits per heavy atom. The molecule has 2 heterocycles. The molecule has 3 nitrogen and oxygen atoms in total. The molecule has 1 N–H and O–H groups in total. The average molecular weight is 436 g/mol. The zero-order valence-corrected chi connectivity index (χ0v) is 19.6. The summed E-state index contributed by atoms with van der Waals surface area (Å²) in [6, 6.07) is 20.1. The summed E-state index contributed by atoms with van der Waals surface area (Å²) < 4.78 is 0. The number of likely N-dealkylation sites (tertiary alicyclic amines) is 1. The molecule has 2 bridgehead atoms. The van der Waals surface area contributed by atoms with Gasteiger partial charge in [-0.05, 0) is 84.9 Å². The van der Waals surface area contributed by atoms with Crippen LogP contribution in [-0.4, -0.2) is 47.1 Å². The summed E-state index contributed by atoms with van der Waals surface area (Å²) in [5.41, 5.74) is 9.51. The van der Waals surface area contributed by atoms with Gasteiger partial charge < -0.3 is 5.32 Å². The molecule has 4 fully saturated rings. The van der Waals surface area contributed by atoms with Gasteiger partial charge in [0.2, 0.25) is 0 Å². The van der Waals surface area contributed by atoms with Gasteiger partial charge in [-0.3, -0.25) is 9.80 Å². The molecular weight excluding hydrogens is 402 g/mol. The Bertz CT molecular complexity index is 1150. The maximum absolute atomic E-state index is 5.44. The van der Waals surface area contributed by atoms with Crippen LogP contribution < -0.4 is 5.32 Å². The third kappa shape index (κ3) is 2.97. The van der Waals surface area contributed by atoms with Crippen LogP contribution in [0.1, 0.15) is 55.3 Å². The van der Waals surface area contributed by atoms with Crippen LogP contribution in [-0.2, 0) is 6.42 Å². The van der Waals surface area contributed by atoms with Crippen molar-refractivity contribution in [3.8, 4) is 12.3 Å². The molecule has 2 aromatic rings. The van der Waals surface area contributed by atoms with Crippen LogP contribution in [0.25, 0.3) is 5.57 Å². The third-order valence-electron chi connectivity index (χ3n) is 9.12. The first kappa shape index (κ1) is 19.9. The summed E-state index contributed by atoms with van der Waals surface area (Å²) in [5.74, 6) is 3.74. The fourth-order valence-electron chi connectivity index (χ4n) is 7.54. The van der Waals surface area contributed by atoms with Crippen molar-refractivity contribution < 1.29 is 0 Å². The second-order valence-electron chi connectivity index (χ2n) is 11.3. The van der Waals surface area contributed by atoms with E-state index in [9.17, 15) is 0 Å². The lowest BCUT2D eigenvalue weighted by atomic mass is 9.48. The maximum atomic E-state index is 5.44. The lowest BCUT2D eigenvalue weighted by molar-refractivity contribution is -0.173. The molecule has 168 valence electrons. The molecule has 3 saturated carbocycles. The van der Waals surface area contributed by atoms with E-state index in [4.69, 9.17) is 6.42 Å². The number of fused-ring (bicyclic) bond motifs is 2. The van der Waals surface area contributed by atoms with Gasteiger partial charge in [0.05, 0.1) is 18.6 Å². The number of hydrogen-bond acceptors (Lipinski definition) is 3. The van der Waals surface area contributed by atoms with Crippen molar-refractivity contribution in [2.75, 3.05) is 25.0 Å². The zero-order chi connectivity index (χ0) is 22.2. The van der Waals surface area contributed by atoms with Crippen LogP contribution in [0.15, 0.2) is 54.1 Å². The summed E-state index contributed by atoms with van der Waals surface area (Å²) in [6.45, 7) is 5.32. The minimum atomic E-state index is 0.418. The molecule has 2 aromatic carbocycles. The molecule has 1 saturated heterocycles. The van der Waals surface area contributed by atoms with Gasteiger partial charge in [0.1, 0.15) is 0 Å². The first-order valence-corrected chi connectivity index (χ1v) is 12.7. The van der Waals surface area contributed by atoms with Gasteiger partial charge in [-0.2, -0.15) is 0 Å². The van der Waals surface area contributed by atoms with Gasteiger partial charge in [0.25, 0.3) is 0 Å². The standard InChI is InChI=1S/C30H33N3/c1-3-12-32-18-25(19-32)31-24-10-8-22(9-11-24)29-28-14-23-6-4-5-7-26(23)27(28)13-20(2)33(29)30-15-21(16-30)17-30/h1,4-11,20-21,25,29,31H,12-19H2,2H3/t20-,21?,29-,30?/m1/s1. The Kier molecular flexibility index (Phi) is 4.36. The van der Waals surface area contributed by atoms with E-state index in [1.807, 2.05) is 0 Å². The van der Waals surface area contributed by atoms with E-state index in [0.717, 1.165) is 32.0 Å². The highest BCUT2D eigenvalue weighted by molar-refractivity contribution is 5.79. The van der Waals surface area contributed by atoms with Crippen molar-refractivity contribution in [2.24, 2.45) is 5.92 Å². The van der Waals surface area contributed by atoms with Crippen molar-refractivity contribution in [1.82, 2.24) is 9.80 Å². The van der Waals surface area contributed by atoms with E-state index in [-0.39, 0.29) is 0 Å². The molecule has 0 radical (unpaired) electrons. The van der Waals surface area contributed by atoms with Crippen LogP contribution in [0.4, 0.5) is 5.69 Å². The van der Waals surface area contributed by atoms with E-state index >= 15 is 0 Å². The molecule has 8 rings (SSSR count). The molecule has 3 heteroatoms. The van der Waals surface area contributed by atoms with E-state index in [1.54, 1.807) is 11.1 Å². The van der Waals surface area contributed by atoms with Crippen molar-refractivity contribution in [3.05, 3.63) is 70.8 Å². The van der Waals surface area contributed by atoms with Gasteiger partial charge in [0, 0.05) is 30.4 Å². The topological polar surface area (TPSA) is 18.5 Å². The van der Waals surface area contributed by atoms with E-state index in [1.165, 1.54) is 48.1 Å². The maximum Gasteiger partial charge on any atom is 0.0600 e. The van der Waals surface area contributed by atoms with Crippen molar-refractivity contribution in [3.63, 3.8) is 0 Å². The first-order chi connectivity index (χ1) is 16.1. The molecule has 6 aliphatic rings. The van der Waals surface area contributed by atoms with Gasteiger partial charge in [-0.25, -0.2) is 0 Å². The molecule has 0 unspecified atom stereocenters. The lowest BCUT2D eigenvalue weighted by Crippen LogP contribution is -2.71. The Morgan fingerprint density at radius 3 is 2.52 bits per heavy atom. The number of hydrogen-bond donors (Lipinski definition) is 1. The molecular formula is C30H33N3. The van der Waals surface area contributed by atoms with Crippen molar-refractivity contribution in [1.29, 1.82) is 0 Å². The quantitative estimate of drug-likeness (QED) is 0.658. The molecule has 2 atom stereocenters. The fraction of sp³-hybridized carbons (Fsp3) is 0.467. The Labute approximate surface area is 197 Å². The van der Waals surface area contributed by atoms with Crippen LogP contribution >= 0.6 is 0 Å². The van der Waals surface area contributed by atoms with Gasteiger partial charge in [-0.1, -0.05) is 42.3 Å². The zero-order valence-electron chi connectivity index (χ0n) is 19.6. The predicted molar refractivity (Wildman–Crippen MR) is 135 cm³/mol. The van der Waals surface area contributed by atoms with Crippen molar-refractivity contribution >= 4 is 11.3 Å². The van der Waals surface area contributed by atoms with Crippen LogP contribution in [0, 0.1) is 18.3 Å². The molecule has 4 aliphatic carbocycles. The SMILES string of the molecule is C#CCN1CC(Nc2ccc([C@@H]3C4=C(C[C@@H](C)N3C35CC(C3)C5)c3ccccc3C4)cc2)C1. The summed E-state index contributed by atoms with van der Waals surface area (Å²) >= 11 is 0. The summed E-state index contributed by atoms with van der Waals surface area (Å²) in [6.07, 6.45) is 12.0. The molecule has 33 heavy (non-hydrogen) atoms. The normalized spacial score (nSPS) is 32.8. The van der Waals surface area contributed by atoms with Crippen molar-refractivity contribution in [2.45, 2.75) is 62.7 Å². The number of terminal acetylenes is 1. The highest BCUT2D eigenvalue weighted by atomic mass is 15.3. The monoisotopic (exact) mass is 435 g/mol. The highest BCUT2D eigenvalue weighted by Crippen LogP contribution is 2.65. The van der Waals surface area contributed by atoms with E-state index < -0.39 is 0 Å². The predicted octanol–water partition coefficient (Wildman–Crippen LogP) is 5.11. The van der Waals surface area contributed by atoms with Crippen LogP contribution in [0.2, 0.25) is 0 Å². The summed E-state index contributed by atoms with van der Waals surface area (Å²) in [4.78, 5) is 5.26. The summed E-state index contributed by atoms with van der Waals surface area (Å²) in [5, 5.41) is 3.70. The van der Waals surface area contributed by atoms with Crippen LogP contribution in [0.5, 0.6) is 0 Å². The fourth-order valence-corrected chi connectivity index (χ4v) is 7.54. The highest BCUT2D eigenvalue weighted by Gasteiger charge is 2.63. The van der Waals surface area contributed by atoms with Gasteiger partial charge in [0.15, 0.2) is 0 Å². The smallest absolute Gasteiger partial charge is 0.0600 e. The van der Waals surface area contributed by atoms with Gasteiger partial charge >= 0.3 is 0 Å². The molecule has 2 aliphatic heterocycles. The first-order valence-electron chi connectivity index (χ1n) is 12.7. The largest absolute Gasteiger partial charge is 0.380 e. The Morgan fingerprint density at radius 1 is 1.06 bits per heavy atom. The van der Waals surface area contributed by atoms with E-state index in [2.05, 4.69) is 76.5 Å². The second-order valence-corrected chi connectivity index (χ2v) is 11.3. The number of nitrogens with one attached hydrogen (secondary N) is 1. The minimum Gasteiger partial charge on any atom is -0.380 e. The molecule has 0 amide bonds. The lowest BCUT2D eigenvalue weighted by Gasteiger charge is -2.70. The molecule has 0 aromatic heterocycles. The number of benzene rings is 2. The van der Waals surface area contributed by atoms with Gasteiger partial charge in [-0.15, -0.1) is 6.42 Å². The minimum absolute atomic E-state index is 0.418. The average Bonchev–Trinajstić information content (AvgIpc) is 3.09. The van der Waals surface area contributed by atoms with Crippen LogP contribution in [0.3, 0.4) is 0 Å². The second kappa shape index (κ2) is 7.23. The number of rotatable bonds is 5. The summed E-state index contributed by atoms with van der Waals surface area (Å²) in [7, 11) is 0. The number of nitrogens with zero attached hydrogens (tertiary/aromatic N) is 2. The van der Waals surface area contributed by atoms with E-state index in [0.29, 0.717) is 23.7 Å². The number of anilines is 1. The Balaban J connectivity index is 1.19. The third-order valence-corrected chi connectivity index (χ3v) is 9.12. The molecule has 0 spiro atoms. The Hall–Kier alpha value is -2.54.